The SMILES string of the molecule is CC(C)(C)OC(=O)N(CCOP(=O)(OCc1ccccc1)OCc1ccccc1)Cc1ccc(N=[N+]=[N-])cc1. The Morgan fingerprint density at radius 1 is 0.846 bits per heavy atom. The molecule has 0 atom stereocenters. The average molecular weight is 553 g/mol. The van der Waals surface area contributed by atoms with Crippen LogP contribution in [-0.2, 0) is 42.6 Å². The van der Waals surface area contributed by atoms with Crippen LogP contribution in [0.1, 0.15) is 37.5 Å². The molecular formula is C28H33N4O6P. The highest BCUT2D eigenvalue weighted by Crippen LogP contribution is 2.50. The maximum Gasteiger partial charge on any atom is 0.475 e. The lowest BCUT2D eigenvalue weighted by Crippen LogP contribution is -2.38. The van der Waals surface area contributed by atoms with Gasteiger partial charge in [0.15, 0.2) is 0 Å². The van der Waals surface area contributed by atoms with Crippen molar-refractivity contribution < 1.29 is 27.7 Å². The number of hydrogen-bond donors (Lipinski definition) is 0. The van der Waals surface area contributed by atoms with Crippen LogP contribution in [0.15, 0.2) is 90.0 Å². The van der Waals surface area contributed by atoms with Gasteiger partial charge in [-0.15, -0.1) is 0 Å². The summed E-state index contributed by atoms with van der Waals surface area (Å²) < 4.78 is 36.1. The molecule has 0 radical (unpaired) electrons. The van der Waals surface area contributed by atoms with Crippen LogP contribution >= 0.6 is 7.82 Å². The van der Waals surface area contributed by atoms with Gasteiger partial charge in [-0.05, 0) is 43.0 Å². The standard InChI is InChI=1S/C28H33N4O6P/c1-28(2,3)38-27(33)32(20-23-14-16-26(17-15-23)30-31-29)18-19-35-39(34,36-21-24-10-6-4-7-11-24)37-22-25-12-8-5-9-13-25/h4-17H,18-22H2,1-3H3. The van der Waals surface area contributed by atoms with Crippen molar-refractivity contribution in [2.75, 3.05) is 13.2 Å². The first-order valence-electron chi connectivity index (χ1n) is 12.4. The third-order valence-corrected chi connectivity index (χ3v) is 6.59. The molecule has 0 aliphatic carbocycles. The van der Waals surface area contributed by atoms with Crippen molar-refractivity contribution in [1.29, 1.82) is 0 Å². The number of rotatable bonds is 13. The Morgan fingerprint density at radius 2 is 1.38 bits per heavy atom. The molecule has 0 aliphatic rings. The molecule has 1 amide bonds. The van der Waals surface area contributed by atoms with Gasteiger partial charge < -0.3 is 9.64 Å². The molecule has 0 spiro atoms. The zero-order valence-electron chi connectivity index (χ0n) is 22.3. The van der Waals surface area contributed by atoms with Gasteiger partial charge in [0, 0.05) is 23.7 Å². The second-order valence-electron chi connectivity index (χ2n) is 9.56. The van der Waals surface area contributed by atoms with E-state index in [1.807, 2.05) is 60.7 Å². The van der Waals surface area contributed by atoms with Crippen molar-refractivity contribution in [3.05, 3.63) is 112 Å². The molecule has 0 bridgehead atoms. The zero-order valence-corrected chi connectivity index (χ0v) is 23.2. The summed E-state index contributed by atoms with van der Waals surface area (Å²) >= 11 is 0. The Balaban J connectivity index is 1.70. The summed E-state index contributed by atoms with van der Waals surface area (Å²) in [5, 5.41) is 3.56. The summed E-state index contributed by atoms with van der Waals surface area (Å²) in [4.78, 5) is 17.2. The van der Waals surface area contributed by atoms with Crippen LogP contribution in [0.2, 0.25) is 0 Å². The fourth-order valence-electron chi connectivity index (χ4n) is 3.33. The van der Waals surface area contributed by atoms with E-state index in [1.54, 1.807) is 45.0 Å². The van der Waals surface area contributed by atoms with Crippen molar-refractivity contribution in [3.8, 4) is 0 Å². The van der Waals surface area contributed by atoms with Gasteiger partial charge in [0.2, 0.25) is 0 Å². The lowest BCUT2D eigenvalue weighted by Gasteiger charge is -2.28. The average Bonchev–Trinajstić information content (AvgIpc) is 2.92. The monoisotopic (exact) mass is 552 g/mol. The minimum Gasteiger partial charge on any atom is -0.444 e. The molecule has 0 aromatic heterocycles. The summed E-state index contributed by atoms with van der Waals surface area (Å²) in [5.74, 6) is 0. The van der Waals surface area contributed by atoms with E-state index in [1.165, 1.54) is 4.90 Å². The number of amides is 1. The normalized spacial score (nSPS) is 11.5. The van der Waals surface area contributed by atoms with Crippen LogP contribution in [-0.4, -0.2) is 29.7 Å². The van der Waals surface area contributed by atoms with E-state index in [2.05, 4.69) is 10.0 Å². The van der Waals surface area contributed by atoms with Crippen molar-refractivity contribution in [1.82, 2.24) is 4.90 Å². The molecule has 3 aromatic carbocycles. The molecule has 206 valence electrons. The summed E-state index contributed by atoms with van der Waals surface area (Å²) in [6.45, 7) is 5.50. The fraction of sp³-hybridized carbons (Fsp3) is 0.321. The summed E-state index contributed by atoms with van der Waals surface area (Å²) in [6, 6.07) is 25.4. The number of carbonyl (C=O) groups is 1. The van der Waals surface area contributed by atoms with E-state index in [9.17, 15) is 9.36 Å². The second-order valence-corrected chi connectivity index (χ2v) is 11.2. The van der Waals surface area contributed by atoms with Gasteiger partial charge in [-0.3, -0.25) is 13.6 Å². The third kappa shape index (κ3) is 10.9. The second kappa shape index (κ2) is 14.5. The quantitative estimate of drug-likeness (QED) is 0.0918. The highest BCUT2D eigenvalue weighted by Gasteiger charge is 2.29. The van der Waals surface area contributed by atoms with Crippen molar-refractivity contribution in [2.24, 2.45) is 5.11 Å². The number of ether oxygens (including phenoxy) is 1. The fourth-order valence-corrected chi connectivity index (χ4v) is 4.47. The first-order valence-corrected chi connectivity index (χ1v) is 13.9. The highest BCUT2D eigenvalue weighted by molar-refractivity contribution is 7.48. The van der Waals surface area contributed by atoms with E-state index in [0.717, 1.165) is 16.7 Å². The molecule has 10 nitrogen and oxygen atoms in total. The van der Waals surface area contributed by atoms with Crippen LogP contribution in [0.3, 0.4) is 0 Å². The van der Waals surface area contributed by atoms with Crippen LogP contribution in [0, 0.1) is 0 Å². The lowest BCUT2D eigenvalue weighted by molar-refractivity contribution is 0.0184. The van der Waals surface area contributed by atoms with Crippen LogP contribution in [0.4, 0.5) is 10.5 Å². The van der Waals surface area contributed by atoms with E-state index in [4.69, 9.17) is 23.8 Å². The van der Waals surface area contributed by atoms with E-state index in [0.29, 0.717) is 5.69 Å². The van der Waals surface area contributed by atoms with E-state index in [-0.39, 0.29) is 32.9 Å². The van der Waals surface area contributed by atoms with Gasteiger partial charge in [0.1, 0.15) is 5.60 Å². The summed E-state index contributed by atoms with van der Waals surface area (Å²) in [6.07, 6.45) is -0.560. The lowest BCUT2D eigenvalue weighted by atomic mass is 10.2. The molecule has 0 saturated carbocycles. The third-order valence-electron chi connectivity index (χ3n) is 5.20. The highest BCUT2D eigenvalue weighted by atomic mass is 31.2. The summed E-state index contributed by atoms with van der Waals surface area (Å²) in [7, 11) is -4.00. The Bertz CT molecular complexity index is 1230. The molecule has 39 heavy (non-hydrogen) atoms. The molecule has 0 fully saturated rings. The molecule has 0 aliphatic heterocycles. The number of nitrogens with zero attached hydrogens (tertiary/aromatic N) is 4. The molecular weight excluding hydrogens is 519 g/mol. The van der Waals surface area contributed by atoms with Gasteiger partial charge in [0.05, 0.1) is 19.8 Å². The molecule has 3 rings (SSSR count). The molecule has 0 unspecified atom stereocenters. The summed E-state index contributed by atoms with van der Waals surface area (Å²) in [5.41, 5.74) is 10.8. The first kappa shape index (κ1) is 29.9. The van der Waals surface area contributed by atoms with Crippen molar-refractivity contribution >= 4 is 19.6 Å². The van der Waals surface area contributed by atoms with Crippen LogP contribution in [0.5, 0.6) is 0 Å². The molecule has 0 saturated heterocycles. The molecule has 0 heterocycles. The minimum absolute atomic E-state index is 0.0280. The number of benzene rings is 3. The molecule has 0 N–H and O–H groups in total. The predicted octanol–water partition coefficient (Wildman–Crippen LogP) is 7.92. The zero-order chi connectivity index (χ0) is 28.1. The Hall–Kier alpha value is -3.65. The van der Waals surface area contributed by atoms with E-state index < -0.39 is 19.5 Å². The predicted molar refractivity (Wildman–Crippen MR) is 148 cm³/mol. The number of carbonyl (C=O) groups excluding carboxylic acids is 1. The Labute approximate surface area is 228 Å². The van der Waals surface area contributed by atoms with Gasteiger partial charge in [-0.1, -0.05) is 90.0 Å². The largest absolute Gasteiger partial charge is 0.475 e. The maximum absolute atomic E-state index is 13.6. The topological polar surface area (TPSA) is 123 Å². The maximum atomic E-state index is 13.6. The number of hydrogen-bond acceptors (Lipinski definition) is 7. The van der Waals surface area contributed by atoms with Gasteiger partial charge in [-0.2, -0.15) is 0 Å². The van der Waals surface area contributed by atoms with Crippen molar-refractivity contribution in [3.63, 3.8) is 0 Å². The number of phosphoric acid groups is 1. The minimum atomic E-state index is -4.00. The van der Waals surface area contributed by atoms with Crippen LogP contribution < -0.4 is 0 Å². The van der Waals surface area contributed by atoms with Gasteiger partial charge >= 0.3 is 13.9 Å². The molecule has 3 aromatic rings. The Kier molecular flexibility index (Phi) is 11.1. The Morgan fingerprint density at radius 3 is 1.87 bits per heavy atom. The first-order chi connectivity index (χ1) is 18.7. The smallest absolute Gasteiger partial charge is 0.444 e. The van der Waals surface area contributed by atoms with Crippen molar-refractivity contribution in [2.45, 2.75) is 46.1 Å². The van der Waals surface area contributed by atoms with E-state index >= 15 is 0 Å². The van der Waals surface area contributed by atoms with Crippen LogP contribution in [0.25, 0.3) is 10.4 Å². The molecule has 11 heteroatoms. The van der Waals surface area contributed by atoms with Gasteiger partial charge in [-0.25, -0.2) is 9.36 Å². The van der Waals surface area contributed by atoms with Gasteiger partial charge in [0.25, 0.3) is 0 Å². The number of phosphoric ester groups is 1. The number of azide groups is 1.